The third-order valence-corrected chi connectivity index (χ3v) is 7.52. The quantitative estimate of drug-likeness (QED) is 0.399. The number of ether oxygens (including phenoxy) is 2. The van der Waals surface area contributed by atoms with Gasteiger partial charge < -0.3 is 19.7 Å². The smallest absolute Gasteiger partial charge is 0.338 e. The highest BCUT2D eigenvalue weighted by molar-refractivity contribution is 8.16. The zero-order valence-electron chi connectivity index (χ0n) is 21.6. The highest BCUT2D eigenvalue weighted by Gasteiger charge is 2.41. The van der Waals surface area contributed by atoms with Crippen LogP contribution in [-0.2, 0) is 19.1 Å². The fourth-order valence-corrected chi connectivity index (χ4v) is 5.81. The molecule has 0 aromatic heterocycles. The maximum Gasteiger partial charge on any atom is 0.338 e. The molecule has 1 atom stereocenters. The molecule has 1 fully saturated rings. The number of benzene rings is 1. The number of carbonyl (C=O) groups is 2. The number of fused-ring (bicyclic) bond motifs is 1. The average Bonchev–Trinajstić information content (AvgIpc) is 3.24. The van der Waals surface area contributed by atoms with Crippen LogP contribution in [0.15, 0.2) is 45.6 Å². The molecule has 1 saturated heterocycles. The van der Waals surface area contributed by atoms with Gasteiger partial charge in [-0.15, -0.1) is 0 Å². The van der Waals surface area contributed by atoms with Gasteiger partial charge in [-0.25, -0.2) is 9.79 Å². The van der Waals surface area contributed by atoms with E-state index in [1.807, 2.05) is 17.2 Å². The largest absolute Gasteiger partial charge is 0.463 e. The van der Waals surface area contributed by atoms with E-state index in [0.29, 0.717) is 17.8 Å². The first-order chi connectivity index (χ1) is 17.4. The second-order valence-electron chi connectivity index (χ2n) is 9.31. The fraction of sp³-hybridized carbons (Fsp3) is 0.519. The van der Waals surface area contributed by atoms with Gasteiger partial charge in [-0.2, -0.15) is 0 Å². The molecule has 1 N–H and O–H groups in total. The van der Waals surface area contributed by atoms with Gasteiger partial charge in [-0.1, -0.05) is 35.5 Å². The van der Waals surface area contributed by atoms with Gasteiger partial charge in [0.15, 0.2) is 5.17 Å². The Morgan fingerprint density at radius 2 is 2.00 bits per heavy atom. The predicted octanol–water partition coefficient (Wildman–Crippen LogP) is 3.67. The highest BCUT2D eigenvalue weighted by atomic mass is 32.2. The topological polar surface area (TPSA) is 83.5 Å². The van der Waals surface area contributed by atoms with Crippen molar-refractivity contribution in [2.75, 3.05) is 46.0 Å². The first-order valence-corrected chi connectivity index (χ1v) is 13.5. The van der Waals surface area contributed by atoms with Gasteiger partial charge in [0.2, 0.25) is 5.91 Å². The maximum absolute atomic E-state index is 13.1. The maximum atomic E-state index is 13.1. The van der Waals surface area contributed by atoms with Crippen LogP contribution in [-0.4, -0.2) is 72.8 Å². The zero-order valence-corrected chi connectivity index (χ0v) is 22.5. The lowest BCUT2D eigenvalue weighted by Crippen LogP contribution is -2.39. The minimum atomic E-state index is -0.396. The molecule has 3 heterocycles. The van der Waals surface area contributed by atoms with Gasteiger partial charge in [0, 0.05) is 25.3 Å². The Morgan fingerprint density at radius 1 is 1.22 bits per heavy atom. The molecule has 1 aromatic rings. The summed E-state index contributed by atoms with van der Waals surface area (Å²) in [6.07, 6.45) is 1.12. The molecule has 1 aromatic carbocycles. The second-order valence-corrected chi connectivity index (χ2v) is 10.1. The van der Waals surface area contributed by atoms with Crippen molar-refractivity contribution >= 4 is 28.8 Å². The number of amides is 1. The van der Waals surface area contributed by atoms with Crippen molar-refractivity contribution in [3.05, 3.63) is 57.3 Å². The molecule has 0 aliphatic carbocycles. The molecule has 36 heavy (non-hydrogen) atoms. The van der Waals surface area contributed by atoms with E-state index in [9.17, 15) is 9.59 Å². The van der Waals surface area contributed by atoms with Crippen molar-refractivity contribution in [2.24, 2.45) is 4.99 Å². The van der Waals surface area contributed by atoms with E-state index in [1.54, 1.807) is 6.92 Å². The number of nitrogens with one attached hydrogen (secondary N) is 1. The van der Waals surface area contributed by atoms with Crippen LogP contribution in [0.2, 0.25) is 0 Å². The standard InChI is InChI=1S/C27H36N4O4S/c1-5-35-26(33)24-20(4)29-27-31(25(24)22-8-7-18(2)15-19(22)3)21(17-36-27)16-23(32)28-9-6-10-30-11-13-34-14-12-30/h7-8,15,17,25H,5-6,9-14,16H2,1-4H3,(H,28,32)/t25-/m1/s1. The van der Waals surface area contributed by atoms with Crippen LogP contribution >= 0.6 is 11.8 Å². The number of hydrogen-bond acceptors (Lipinski definition) is 8. The third-order valence-electron chi connectivity index (χ3n) is 6.63. The van der Waals surface area contributed by atoms with Crippen molar-refractivity contribution in [2.45, 2.75) is 46.6 Å². The lowest BCUT2D eigenvalue weighted by atomic mass is 9.90. The summed E-state index contributed by atoms with van der Waals surface area (Å²) in [5.41, 5.74) is 5.26. The Hall–Kier alpha value is -2.62. The van der Waals surface area contributed by atoms with E-state index < -0.39 is 6.04 Å². The summed E-state index contributed by atoms with van der Waals surface area (Å²) in [6.45, 7) is 13.1. The van der Waals surface area contributed by atoms with Crippen LogP contribution in [0.5, 0.6) is 0 Å². The van der Waals surface area contributed by atoms with Gasteiger partial charge in [0.25, 0.3) is 0 Å². The summed E-state index contributed by atoms with van der Waals surface area (Å²) in [4.78, 5) is 35.1. The molecule has 0 spiro atoms. The summed E-state index contributed by atoms with van der Waals surface area (Å²) in [6, 6.07) is 5.84. The molecule has 9 heteroatoms. The Balaban J connectivity index is 1.49. The molecule has 0 unspecified atom stereocenters. The molecule has 0 radical (unpaired) electrons. The molecular formula is C27H36N4O4S. The third kappa shape index (κ3) is 6.02. The van der Waals surface area contributed by atoms with Crippen molar-refractivity contribution in [1.82, 2.24) is 15.1 Å². The van der Waals surface area contributed by atoms with E-state index in [-0.39, 0.29) is 24.9 Å². The predicted molar refractivity (Wildman–Crippen MR) is 142 cm³/mol. The highest BCUT2D eigenvalue weighted by Crippen LogP contribution is 2.45. The minimum absolute atomic E-state index is 0.0339. The van der Waals surface area contributed by atoms with Gasteiger partial charge in [-0.3, -0.25) is 9.69 Å². The van der Waals surface area contributed by atoms with Crippen LogP contribution in [0.3, 0.4) is 0 Å². The number of allylic oxidation sites excluding steroid dienone is 1. The summed E-state index contributed by atoms with van der Waals surface area (Å²) in [7, 11) is 0. The molecule has 3 aliphatic heterocycles. The molecule has 8 nitrogen and oxygen atoms in total. The van der Waals surface area contributed by atoms with E-state index in [2.05, 4.69) is 42.3 Å². The number of amidine groups is 1. The van der Waals surface area contributed by atoms with Crippen molar-refractivity contribution in [1.29, 1.82) is 0 Å². The lowest BCUT2D eigenvalue weighted by molar-refractivity contribution is -0.139. The zero-order chi connectivity index (χ0) is 25.7. The van der Waals surface area contributed by atoms with Crippen molar-refractivity contribution in [3.63, 3.8) is 0 Å². The lowest BCUT2D eigenvalue weighted by Gasteiger charge is -2.37. The van der Waals surface area contributed by atoms with E-state index in [0.717, 1.165) is 66.8 Å². The van der Waals surface area contributed by atoms with Crippen LogP contribution in [0, 0.1) is 13.8 Å². The monoisotopic (exact) mass is 512 g/mol. The number of hydrogen-bond donors (Lipinski definition) is 1. The van der Waals surface area contributed by atoms with Crippen LogP contribution in [0.4, 0.5) is 0 Å². The Labute approximate surface area is 217 Å². The minimum Gasteiger partial charge on any atom is -0.463 e. The summed E-state index contributed by atoms with van der Waals surface area (Å²) >= 11 is 1.49. The second kappa shape index (κ2) is 12.1. The first kappa shape index (κ1) is 26.4. The van der Waals surface area contributed by atoms with Gasteiger partial charge >= 0.3 is 5.97 Å². The number of aryl methyl sites for hydroxylation is 2. The number of rotatable bonds is 9. The normalized spacial score (nSPS) is 20.1. The number of carbonyl (C=O) groups excluding carboxylic acids is 2. The average molecular weight is 513 g/mol. The molecule has 3 aliphatic rings. The number of nitrogens with zero attached hydrogens (tertiary/aromatic N) is 3. The summed E-state index contributed by atoms with van der Waals surface area (Å²) in [5.74, 6) is -0.403. The van der Waals surface area contributed by atoms with Crippen LogP contribution < -0.4 is 5.32 Å². The van der Waals surface area contributed by atoms with Crippen molar-refractivity contribution in [3.8, 4) is 0 Å². The Bertz CT molecular complexity index is 1090. The van der Waals surface area contributed by atoms with Crippen molar-refractivity contribution < 1.29 is 19.1 Å². The molecular weight excluding hydrogens is 476 g/mol. The first-order valence-electron chi connectivity index (χ1n) is 12.6. The molecule has 4 rings (SSSR count). The molecule has 1 amide bonds. The van der Waals surface area contributed by atoms with E-state index in [4.69, 9.17) is 14.5 Å². The molecule has 0 bridgehead atoms. The molecule has 194 valence electrons. The van der Waals surface area contributed by atoms with Crippen LogP contribution in [0.1, 0.15) is 49.4 Å². The Morgan fingerprint density at radius 3 is 2.72 bits per heavy atom. The summed E-state index contributed by atoms with van der Waals surface area (Å²) < 4.78 is 10.8. The van der Waals surface area contributed by atoms with Gasteiger partial charge in [0.05, 0.1) is 43.6 Å². The number of aliphatic imine (C=N–C) groups is 1. The van der Waals surface area contributed by atoms with E-state index >= 15 is 0 Å². The fourth-order valence-electron chi connectivity index (χ4n) is 4.85. The summed E-state index contributed by atoms with van der Waals surface area (Å²) in [5, 5.41) is 5.82. The number of morpholine rings is 1. The number of esters is 1. The van der Waals surface area contributed by atoms with E-state index in [1.165, 1.54) is 11.8 Å². The molecule has 0 saturated carbocycles. The van der Waals surface area contributed by atoms with Crippen LogP contribution in [0.25, 0.3) is 0 Å². The van der Waals surface area contributed by atoms with Gasteiger partial charge in [-0.05, 0) is 57.2 Å². The number of thioether (sulfide) groups is 1. The Kier molecular flexibility index (Phi) is 8.87. The van der Waals surface area contributed by atoms with Gasteiger partial charge in [0.1, 0.15) is 0 Å². The SMILES string of the molecule is CCOC(=O)C1=C(C)N=C2SC=C(CC(=O)NCCCN3CCOCC3)N2[C@@H]1c1ccc(C)cc1C.